The van der Waals surface area contributed by atoms with E-state index in [9.17, 15) is 25.3 Å². The molecule has 0 saturated carbocycles. The monoisotopic (exact) mass is 336 g/mol. The van der Waals surface area contributed by atoms with Crippen molar-refractivity contribution >= 4 is 11.4 Å². The molecule has 0 aliphatic carbocycles. The van der Waals surface area contributed by atoms with Gasteiger partial charge in [-0.2, -0.15) is 0 Å². The number of nitrogens with zero attached hydrogens (tertiary/aromatic N) is 2. The minimum atomic E-state index is -0.651. The summed E-state index contributed by atoms with van der Waals surface area (Å²) in [6.07, 6.45) is 0. The first-order valence-corrected chi connectivity index (χ1v) is 7.28. The largest absolute Gasteiger partial charge is 0.508 e. The molecule has 0 atom stereocenters. The van der Waals surface area contributed by atoms with Crippen molar-refractivity contribution in [2.45, 2.75) is 0 Å². The van der Waals surface area contributed by atoms with E-state index in [0.29, 0.717) is 11.1 Å². The molecule has 0 aliphatic heterocycles. The average molecular weight is 336 g/mol. The lowest BCUT2D eigenvalue weighted by Gasteiger charge is -2.06. The first-order chi connectivity index (χ1) is 11.9. The number of hydrogen-bond acceptors (Lipinski definition) is 5. The van der Waals surface area contributed by atoms with Gasteiger partial charge in [-0.15, -0.1) is 0 Å². The number of nitro groups is 2. The minimum absolute atomic E-state index is 0.171. The molecule has 0 amide bonds. The summed E-state index contributed by atoms with van der Waals surface area (Å²) < 4.78 is 0. The summed E-state index contributed by atoms with van der Waals surface area (Å²) in [6, 6.07) is 17.3. The molecule has 0 aliphatic rings. The normalized spacial score (nSPS) is 10.4. The van der Waals surface area contributed by atoms with Crippen molar-refractivity contribution in [1.82, 2.24) is 0 Å². The molecular formula is C18H12N2O5. The number of rotatable bonds is 4. The van der Waals surface area contributed by atoms with Gasteiger partial charge in [-0.05, 0) is 34.4 Å². The van der Waals surface area contributed by atoms with Crippen LogP contribution in [0.15, 0.2) is 66.7 Å². The fourth-order valence-corrected chi connectivity index (χ4v) is 2.48. The number of nitro benzene ring substituents is 2. The van der Waals surface area contributed by atoms with Crippen molar-refractivity contribution in [2.24, 2.45) is 0 Å². The fraction of sp³-hybridized carbons (Fsp3) is 0. The van der Waals surface area contributed by atoms with E-state index >= 15 is 0 Å². The highest BCUT2D eigenvalue weighted by molar-refractivity contribution is 5.73. The molecular weight excluding hydrogens is 324 g/mol. The molecule has 0 radical (unpaired) electrons. The summed E-state index contributed by atoms with van der Waals surface area (Å²) >= 11 is 0. The van der Waals surface area contributed by atoms with Crippen LogP contribution in [0.2, 0.25) is 0 Å². The van der Waals surface area contributed by atoms with E-state index in [4.69, 9.17) is 0 Å². The Morgan fingerprint density at radius 2 is 0.960 bits per heavy atom. The molecule has 1 N–H and O–H groups in total. The number of hydrogen-bond donors (Lipinski definition) is 1. The molecule has 0 fully saturated rings. The van der Waals surface area contributed by atoms with Crippen molar-refractivity contribution in [3.8, 4) is 28.0 Å². The van der Waals surface area contributed by atoms with E-state index in [1.54, 1.807) is 36.4 Å². The van der Waals surface area contributed by atoms with Gasteiger partial charge < -0.3 is 5.11 Å². The number of non-ortho nitro benzene ring substituents is 2. The third kappa shape index (κ3) is 3.45. The van der Waals surface area contributed by atoms with Crippen LogP contribution in [0, 0.1) is 20.2 Å². The van der Waals surface area contributed by atoms with Crippen LogP contribution >= 0.6 is 0 Å². The number of aromatic hydroxyl groups is 1. The summed E-state index contributed by atoms with van der Waals surface area (Å²) in [7, 11) is 0. The molecule has 25 heavy (non-hydrogen) atoms. The van der Waals surface area contributed by atoms with Crippen LogP contribution in [0.3, 0.4) is 0 Å². The first kappa shape index (κ1) is 16.1. The van der Waals surface area contributed by atoms with Gasteiger partial charge >= 0.3 is 0 Å². The molecule has 7 heteroatoms. The quantitative estimate of drug-likeness (QED) is 0.556. The topological polar surface area (TPSA) is 107 Å². The van der Waals surface area contributed by atoms with Crippen molar-refractivity contribution in [2.75, 3.05) is 0 Å². The summed E-state index contributed by atoms with van der Waals surface area (Å²) in [5, 5.41) is 31.3. The van der Waals surface area contributed by atoms with Gasteiger partial charge in [0.1, 0.15) is 5.75 Å². The van der Waals surface area contributed by atoms with Gasteiger partial charge in [0, 0.05) is 12.1 Å². The maximum absolute atomic E-state index is 11.0. The lowest BCUT2D eigenvalue weighted by Crippen LogP contribution is -1.93. The molecule has 7 nitrogen and oxygen atoms in total. The minimum Gasteiger partial charge on any atom is -0.508 e. The second-order valence-corrected chi connectivity index (χ2v) is 5.38. The standard InChI is InChI=1S/C18H12N2O5/c21-18-7-5-13(6-8-18)12-1-3-14(4-2-12)15-9-16(19(22)23)11-17(10-15)20(24)25/h1-11,21H. The van der Waals surface area contributed by atoms with Crippen LogP contribution < -0.4 is 0 Å². The van der Waals surface area contributed by atoms with Crippen molar-refractivity contribution in [1.29, 1.82) is 0 Å². The highest BCUT2D eigenvalue weighted by Gasteiger charge is 2.17. The molecule has 3 aromatic rings. The van der Waals surface area contributed by atoms with Gasteiger partial charge in [0.2, 0.25) is 0 Å². The van der Waals surface area contributed by atoms with Crippen molar-refractivity contribution < 1.29 is 15.0 Å². The lowest BCUT2D eigenvalue weighted by molar-refractivity contribution is -0.394. The Morgan fingerprint density at radius 3 is 1.36 bits per heavy atom. The van der Waals surface area contributed by atoms with Crippen LogP contribution in [0.4, 0.5) is 11.4 Å². The maximum atomic E-state index is 11.0. The maximum Gasteiger partial charge on any atom is 0.276 e. The predicted octanol–water partition coefficient (Wildman–Crippen LogP) is 4.54. The number of benzene rings is 3. The molecule has 0 spiro atoms. The zero-order valence-electron chi connectivity index (χ0n) is 12.8. The Kier molecular flexibility index (Phi) is 4.13. The summed E-state index contributed by atoms with van der Waals surface area (Å²) in [6.45, 7) is 0. The molecule has 0 saturated heterocycles. The fourth-order valence-electron chi connectivity index (χ4n) is 2.48. The number of phenols is 1. The number of phenolic OH excluding ortho intramolecular Hbond substituents is 1. The molecule has 3 rings (SSSR count). The van der Waals surface area contributed by atoms with E-state index in [1.807, 2.05) is 12.1 Å². The predicted molar refractivity (Wildman–Crippen MR) is 92.3 cm³/mol. The van der Waals surface area contributed by atoms with E-state index < -0.39 is 9.85 Å². The Balaban J connectivity index is 2.00. The zero-order valence-corrected chi connectivity index (χ0v) is 12.8. The van der Waals surface area contributed by atoms with Gasteiger partial charge in [-0.3, -0.25) is 20.2 Å². The molecule has 0 heterocycles. The van der Waals surface area contributed by atoms with Crippen LogP contribution in [0.5, 0.6) is 5.75 Å². The van der Waals surface area contributed by atoms with Gasteiger partial charge in [0.05, 0.1) is 15.9 Å². The van der Waals surface area contributed by atoms with E-state index in [0.717, 1.165) is 17.2 Å². The van der Waals surface area contributed by atoms with Crippen molar-refractivity contribution in [3.05, 3.63) is 87.0 Å². The second kappa shape index (κ2) is 6.40. The highest BCUT2D eigenvalue weighted by Crippen LogP contribution is 2.31. The Hall–Kier alpha value is -3.74. The van der Waals surface area contributed by atoms with E-state index in [2.05, 4.69) is 0 Å². The summed E-state index contributed by atoms with van der Waals surface area (Å²) in [5.74, 6) is 0.171. The second-order valence-electron chi connectivity index (χ2n) is 5.38. The first-order valence-electron chi connectivity index (χ1n) is 7.28. The van der Waals surface area contributed by atoms with Gasteiger partial charge in [0.15, 0.2) is 0 Å². The Bertz CT molecular complexity index is 918. The van der Waals surface area contributed by atoms with Crippen LogP contribution in [-0.4, -0.2) is 15.0 Å². The zero-order chi connectivity index (χ0) is 18.0. The molecule has 3 aromatic carbocycles. The average Bonchev–Trinajstić information content (AvgIpc) is 2.62. The Morgan fingerprint density at radius 1 is 0.600 bits per heavy atom. The molecule has 0 aromatic heterocycles. The van der Waals surface area contributed by atoms with Crippen LogP contribution in [0.25, 0.3) is 22.3 Å². The summed E-state index contributed by atoms with van der Waals surface area (Å²) in [5.41, 5.74) is 2.17. The lowest BCUT2D eigenvalue weighted by atomic mass is 9.99. The third-order valence-electron chi connectivity index (χ3n) is 3.74. The SMILES string of the molecule is O=[N+]([O-])c1cc(-c2ccc(-c3ccc(O)cc3)cc2)cc([N+](=O)[O-])c1. The van der Waals surface area contributed by atoms with E-state index in [-0.39, 0.29) is 17.1 Å². The van der Waals surface area contributed by atoms with Gasteiger partial charge in [-0.1, -0.05) is 36.4 Å². The third-order valence-corrected chi connectivity index (χ3v) is 3.74. The highest BCUT2D eigenvalue weighted by atomic mass is 16.6. The van der Waals surface area contributed by atoms with Gasteiger partial charge in [-0.25, -0.2) is 0 Å². The molecule has 124 valence electrons. The van der Waals surface area contributed by atoms with E-state index in [1.165, 1.54) is 12.1 Å². The molecule has 0 unspecified atom stereocenters. The smallest absolute Gasteiger partial charge is 0.276 e. The molecule has 0 bridgehead atoms. The summed E-state index contributed by atoms with van der Waals surface area (Å²) in [4.78, 5) is 20.7. The van der Waals surface area contributed by atoms with Crippen LogP contribution in [-0.2, 0) is 0 Å². The van der Waals surface area contributed by atoms with Crippen LogP contribution in [0.1, 0.15) is 0 Å². The Labute approximate surface area is 142 Å². The van der Waals surface area contributed by atoms with Crippen molar-refractivity contribution in [3.63, 3.8) is 0 Å². The van der Waals surface area contributed by atoms with Gasteiger partial charge in [0.25, 0.3) is 11.4 Å².